The summed E-state index contributed by atoms with van der Waals surface area (Å²) in [5.74, 6) is 2.79. The van der Waals surface area contributed by atoms with Crippen LogP contribution in [-0.2, 0) is 10.0 Å². The van der Waals surface area contributed by atoms with Crippen molar-refractivity contribution in [3.8, 4) is 12.3 Å². The second kappa shape index (κ2) is 9.74. The molecule has 1 amide bonds. The van der Waals surface area contributed by atoms with Crippen LogP contribution in [0.1, 0.15) is 41.4 Å². The van der Waals surface area contributed by atoms with Crippen molar-refractivity contribution in [1.29, 1.82) is 0 Å². The number of piperidine rings is 1. The molecule has 0 aliphatic carbocycles. The molecule has 1 unspecified atom stereocenters. The molecule has 7 nitrogen and oxygen atoms in total. The quantitative estimate of drug-likeness (QED) is 0.645. The molecule has 2 N–H and O–H groups in total. The normalized spacial score (nSPS) is 16.1. The molecule has 0 saturated carbocycles. The summed E-state index contributed by atoms with van der Waals surface area (Å²) in [5, 5.41) is 2.94. The predicted octanol–water partition coefficient (Wildman–Crippen LogP) is 2.15. The molecular formula is C21H25N3O4S. The van der Waals surface area contributed by atoms with Crippen LogP contribution in [0.15, 0.2) is 52.0 Å². The minimum atomic E-state index is -3.68. The number of furan rings is 1. The molecule has 2 heterocycles. The molecule has 29 heavy (non-hydrogen) atoms. The van der Waals surface area contributed by atoms with Gasteiger partial charge in [0.1, 0.15) is 5.76 Å². The van der Waals surface area contributed by atoms with E-state index in [-0.39, 0.29) is 23.4 Å². The van der Waals surface area contributed by atoms with E-state index in [0.717, 1.165) is 31.7 Å². The van der Waals surface area contributed by atoms with Gasteiger partial charge in [0, 0.05) is 12.1 Å². The first kappa shape index (κ1) is 21.1. The molecule has 1 aliphatic heterocycles. The zero-order chi connectivity index (χ0) is 20.7. The highest BCUT2D eigenvalue weighted by Gasteiger charge is 2.25. The number of nitrogens with zero attached hydrogens (tertiary/aromatic N) is 1. The summed E-state index contributed by atoms with van der Waals surface area (Å²) in [7, 11) is -3.68. The second-order valence-corrected chi connectivity index (χ2v) is 8.66. The number of terminal acetylenes is 1. The molecule has 3 rings (SSSR count). The van der Waals surface area contributed by atoms with Crippen LogP contribution in [0.4, 0.5) is 0 Å². The van der Waals surface area contributed by atoms with Gasteiger partial charge >= 0.3 is 0 Å². The number of amides is 1. The first-order valence-electron chi connectivity index (χ1n) is 9.60. The van der Waals surface area contributed by atoms with Crippen LogP contribution in [-0.4, -0.2) is 45.4 Å². The summed E-state index contributed by atoms with van der Waals surface area (Å²) in [6, 6.07) is 9.51. The molecule has 0 spiro atoms. The third-order valence-corrected chi connectivity index (χ3v) is 6.37. The number of hydrogen-bond acceptors (Lipinski definition) is 5. The Bertz CT molecular complexity index is 941. The number of benzene rings is 1. The highest BCUT2D eigenvalue weighted by Crippen LogP contribution is 2.24. The topological polar surface area (TPSA) is 91.6 Å². The van der Waals surface area contributed by atoms with E-state index < -0.39 is 10.0 Å². The first-order valence-corrected chi connectivity index (χ1v) is 11.1. The fraction of sp³-hybridized carbons (Fsp3) is 0.381. The Balaban J connectivity index is 1.65. The summed E-state index contributed by atoms with van der Waals surface area (Å²) >= 11 is 0. The van der Waals surface area contributed by atoms with Gasteiger partial charge in [-0.3, -0.25) is 9.69 Å². The van der Waals surface area contributed by atoms with E-state index >= 15 is 0 Å². The van der Waals surface area contributed by atoms with E-state index in [1.165, 1.54) is 30.7 Å². The highest BCUT2D eigenvalue weighted by molar-refractivity contribution is 7.89. The van der Waals surface area contributed by atoms with Gasteiger partial charge in [0.2, 0.25) is 10.0 Å². The van der Waals surface area contributed by atoms with Gasteiger partial charge in [0.05, 0.1) is 23.7 Å². The highest BCUT2D eigenvalue weighted by atomic mass is 32.2. The first-order chi connectivity index (χ1) is 14.0. The van der Waals surface area contributed by atoms with Crippen LogP contribution < -0.4 is 10.0 Å². The van der Waals surface area contributed by atoms with E-state index in [4.69, 9.17) is 10.8 Å². The zero-order valence-electron chi connectivity index (χ0n) is 16.1. The van der Waals surface area contributed by atoms with Crippen molar-refractivity contribution in [2.24, 2.45) is 0 Å². The lowest BCUT2D eigenvalue weighted by Gasteiger charge is -2.33. The molecule has 1 saturated heterocycles. The van der Waals surface area contributed by atoms with Gasteiger partial charge in [-0.05, 0) is 62.3 Å². The fourth-order valence-electron chi connectivity index (χ4n) is 3.42. The molecule has 1 atom stereocenters. The third-order valence-electron chi connectivity index (χ3n) is 4.95. The molecule has 1 aromatic carbocycles. The Morgan fingerprint density at radius 3 is 2.52 bits per heavy atom. The van der Waals surface area contributed by atoms with Crippen molar-refractivity contribution in [3.63, 3.8) is 0 Å². The van der Waals surface area contributed by atoms with Crippen molar-refractivity contribution >= 4 is 15.9 Å². The maximum atomic E-state index is 12.6. The summed E-state index contributed by atoms with van der Waals surface area (Å²) in [4.78, 5) is 15.0. The summed E-state index contributed by atoms with van der Waals surface area (Å²) in [6.45, 7) is 2.27. The SMILES string of the molecule is C#CCNS(=O)(=O)c1ccc(C(=O)NCC(c2ccco2)N2CCCCC2)cc1. The van der Waals surface area contributed by atoms with Crippen LogP contribution in [0, 0.1) is 12.3 Å². The Labute approximate surface area is 171 Å². The van der Waals surface area contributed by atoms with Gasteiger partial charge in [-0.15, -0.1) is 6.42 Å². The van der Waals surface area contributed by atoms with Crippen LogP contribution in [0.25, 0.3) is 0 Å². The second-order valence-electron chi connectivity index (χ2n) is 6.89. The lowest BCUT2D eigenvalue weighted by atomic mass is 10.1. The standard InChI is InChI=1S/C21H25N3O4S/c1-2-12-23-29(26,27)18-10-8-17(9-11-18)21(25)22-16-19(20-7-6-15-28-20)24-13-4-3-5-14-24/h1,6-11,15,19,23H,3-5,12-14,16H2,(H,22,25). The molecule has 154 valence electrons. The van der Waals surface area contributed by atoms with E-state index in [9.17, 15) is 13.2 Å². The molecular weight excluding hydrogens is 390 g/mol. The van der Waals surface area contributed by atoms with Gasteiger partial charge in [0.15, 0.2) is 0 Å². The number of carbonyl (C=O) groups excluding carboxylic acids is 1. The molecule has 1 aliphatic rings. The van der Waals surface area contributed by atoms with Gasteiger partial charge in [-0.2, -0.15) is 4.72 Å². The maximum absolute atomic E-state index is 12.6. The van der Waals surface area contributed by atoms with Crippen molar-refractivity contribution in [1.82, 2.24) is 14.9 Å². The molecule has 1 aromatic heterocycles. The number of hydrogen-bond donors (Lipinski definition) is 2. The lowest BCUT2D eigenvalue weighted by Crippen LogP contribution is -2.40. The minimum absolute atomic E-state index is 0.0261. The van der Waals surface area contributed by atoms with Crippen LogP contribution in [0.3, 0.4) is 0 Å². The molecule has 2 aromatic rings. The van der Waals surface area contributed by atoms with Crippen LogP contribution in [0.2, 0.25) is 0 Å². The predicted molar refractivity (Wildman–Crippen MR) is 110 cm³/mol. The summed E-state index contributed by atoms with van der Waals surface area (Å²) < 4.78 is 32.0. The minimum Gasteiger partial charge on any atom is -0.468 e. The number of nitrogens with one attached hydrogen (secondary N) is 2. The van der Waals surface area contributed by atoms with Gasteiger partial charge in [-0.1, -0.05) is 12.3 Å². The number of carbonyl (C=O) groups is 1. The van der Waals surface area contributed by atoms with Crippen LogP contribution in [0.5, 0.6) is 0 Å². The van der Waals surface area contributed by atoms with E-state index in [2.05, 4.69) is 20.9 Å². The average Bonchev–Trinajstić information content (AvgIpc) is 3.28. The van der Waals surface area contributed by atoms with Gasteiger partial charge in [-0.25, -0.2) is 8.42 Å². The largest absolute Gasteiger partial charge is 0.468 e. The third kappa shape index (κ3) is 5.48. The maximum Gasteiger partial charge on any atom is 0.251 e. The monoisotopic (exact) mass is 415 g/mol. The number of sulfonamides is 1. The smallest absolute Gasteiger partial charge is 0.251 e. The van der Waals surface area contributed by atoms with E-state index in [1.807, 2.05) is 12.1 Å². The Morgan fingerprint density at radius 2 is 1.90 bits per heavy atom. The zero-order valence-corrected chi connectivity index (χ0v) is 17.0. The van der Waals surface area contributed by atoms with Gasteiger partial charge < -0.3 is 9.73 Å². The summed E-state index contributed by atoms with van der Waals surface area (Å²) in [6.07, 6.45) is 10.2. The van der Waals surface area contributed by atoms with E-state index in [1.54, 1.807) is 6.26 Å². The Hall–Kier alpha value is -2.60. The Morgan fingerprint density at radius 1 is 1.17 bits per heavy atom. The average molecular weight is 416 g/mol. The lowest BCUT2D eigenvalue weighted by molar-refractivity contribution is 0.0914. The molecule has 1 fully saturated rings. The fourth-order valence-corrected chi connectivity index (χ4v) is 4.35. The van der Waals surface area contributed by atoms with Crippen LogP contribution >= 0.6 is 0 Å². The van der Waals surface area contributed by atoms with Crippen molar-refractivity contribution in [3.05, 3.63) is 54.0 Å². The van der Waals surface area contributed by atoms with Crippen molar-refractivity contribution < 1.29 is 17.6 Å². The Kier molecular flexibility index (Phi) is 7.09. The molecule has 0 bridgehead atoms. The van der Waals surface area contributed by atoms with Crippen molar-refractivity contribution in [2.45, 2.75) is 30.2 Å². The molecule has 0 radical (unpaired) electrons. The number of likely N-dealkylation sites (tertiary alicyclic amines) is 1. The van der Waals surface area contributed by atoms with Crippen molar-refractivity contribution in [2.75, 3.05) is 26.2 Å². The molecule has 8 heteroatoms. The van der Waals surface area contributed by atoms with Gasteiger partial charge in [0.25, 0.3) is 5.91 Å². The van der Waals surface area contributed by atoms with E-state index in [0.29, 0.717) is 12.1 Å². The summed E-state index contributed by atoms with van der Waals surface area (Å²) in [5.41, 5.74) is 0.387. The number of rotatable bonds is 8.